The van der Waals surface area contributed by atoms with Crippen molar-refractivity contribution >= 4 is 17.4 Å². The monoisotopic (exact) mass is 198 g/mol. The summed E-state index contributed by atoms with van der Waals surface area (Å²) in [4.78, 5) is 11.4. The van der Waals surface area contributed by atoms with Crippen molar-refractivity contribution in [3.63, 3.8) is 0 Å². The summed E-state index contributed by atoms with van der Waals surface area (Å²) in [5.74, 6) is -0.123. The van der Waals surface area contributed by atoms with Gasteiger partial charge in [-0.1, -0.05) is 4.49 Å². The topological polar surface area (TPSA) is 66.9 Å². The highest BCUT2D eigenvalue weighted by atomic mass is 32.1. The molecule has 0 radical (unpaired) electrons. The van der Waals surface area contributed by atoms with E-state index in [4.69, 9.17) is 0 Å². The van der Waals surface area contributed by atoms with Crippen LogP contribution in [-0.4, -0.2) is 34.6 Å². The van der Waals surface area contributed by atoms with E-state index in [0.29, 0.717) is 5.69 Å². The van der Waals surface area contributed by atoms with Crippen LogP contribution in [0.2, 0.25) is 0 Å². The van der Waals surface area contributed by atoms with E-state index in [-0.39, 0.29) is 11.9 Å². The number of amides is 1. The summed E-state index contributed by atoms with van der Waals surface area (Å²) in [7, 11) is 0. The van der Waals surface area contributed by atoms with Crippen molar-refractivity contribution in [3.05, 3.63) is 11.1 Å². The number of hydrogen-bond acceptors (Lipinski definition) is 5. The van der Waals surface area contributed by atoms with Crippen LogP contribution in [0, 0.1) is 0 Å². The minimum Gasteiger partial charge on any atom is -0.347 e. The van der Waals surface area contributed by atoms with Gasteiger partial charge in [-0.3, -0.25) is 4.79 Å². The lowest BCUT2D eigenvalue weighted by molar-refractivity contribution is 0.0935. The number of nitrogens with zero attached hydrogens (tertiary/aromatic N) is 2. The largest absolute Gasteiger partial charge is 0.347 e. The van der Waals surface area contributed by atoms with Crippen molar-refractivity contribution < 1.29 is 4.79 Å². The van der Waals surface area contributed by atoms with Crippen LogP contribution in [0.4, 0.5) is 0 Å². The highest BCUT2D eigenvalue weighted by Crippen LogP contribution is 2.01. The summed E-state index contributed by atoms with van der Waals surface area (Å²) in [6.45, 7) is 1.82. The van der Waals surface area contributed by atoms with Crippen molar-refractivity contribution in [2.45, 2.75) is 12.5 Å². The van der Waals surface area contributed by atoms with Gasteiger partial charge in [-0.05, 0) is 24.5 Å². The lowest BCUT2D eigenvalue weighted by Gasteiger charge is -2.08. The summed E-state index contributed by atoms with van der Waals surface area (Å²) >= 11 is 1.19. The molecule has 1 aromatic rings. The van der Waals surface area contributed by atoms with Crippen molar-refractivity contribution in [2.75, 3.05) is 13.1 Å². The molecule has 0 aromatic carbocycles. The number of nitrogens with one attached hydrogen (secondary N) is 2. The van der Waals surface area contributed by atoms with Crippen LogP contribution >= 0.6 is 11.5 Å². The van der Waals surface area contributed by atoms with Crippen molar-refractivity contribution in [2.24, 2.45) is 0 Å². The first-order valence-corrected chi connectivity index (χ1v) is 4.98. The van der Waals surface area contributed by atoms with E-state index >= 15 is 0 Å². The van der Waals surface area contributed by atoms with Crippen molar-refractivity contribution in [1.29, 1.82) is 0 Å². The van der Waals surface area contributed by atoms with Crippen molar-refractivity contribution in [3.8, 4) is 0 Å². The molecule has 0 bridgehead atoms. The Hall–Kier alpha value is -1.01. The minimum atomic E-state index is -0.123. The zero-order chi connectivity index (χ0) is 9.10. The fourth-order valence-corrected chi connectivity index (χ4v) is 1.74. The number of carbonyl (C=O) groups is 1. The highest BCUT2D eigenvalue weighted by Gasteiger charge is 2.18. The van der Waals surface area contributed by atoms with E-state index in [1.807, 2.05) is 0 Å². The van der Waals surface area contributed by atoms with Gasteiger partial charge in [0.15, 0.2) is 5.69 Å². The normalized spacial score (nSPS) is 21.7. The first-order valence-electron chi connectivity index (χ1n) is 4.15. The Bertz CT molecular complexity index is 281. The third-order valence-corrected chi connectivity index (χ3v) is 2.49. The summed E-state index contributed by atoms with van der Waals surface area (Å²) in [5.41, 5.74) is 0.414. The second-order valence-corrected chi connectivity index (χ2v) is 3.56. The molecule has 70 valence electrons. The smallest absolute Gasteiger partial charge is 0.272 e. The van der Waals surface area contributed by atoms with Crippen LogP contribution in [0.3, 0.4) is 0 Å². The Morgan fingerprint density at radius 3 is 3.31 bits per heavy atom. The molecule has 1 saturated heterocycles. The lowest BCUT2D eigenvalue weighted by Crippen LogP contribution is -2.36. The summed E-state index contributed by atoms with van der Waals surface area (Å²) in [6.07, 6.45) is 0.989. The number of carbonyl (C=O) groups excluding carboxylic acids is 1. The Morgan fingerprint density at radius 2 is 2.69 bits per heavy atom. The van der Waals surface area contributed by atoms with E-state index < -0.39 is 0 Å². The molecular formula is C7H10N4OS. The van der Waals surface area contributed by atoms with Gasteiger partial charge in [0.1, 0.15) is 0 Å². The maximum atomic E-state index is 11.4. The van der Waals surface area contributed by atoms with Gasteiger partial charge in [-0.15, -0.1) is 5.10 Å². The van der Waals surface area contributed by atoms with Crippen LogP contribution in [0.15, 0.2) is 5.38 Å². The first kappa shape index (κ1) is 8.58. The molecule has 2 N–H and O–H groups in total. The maximum Gasteiger partial charge on any atom is 0.272 e. The van der Waals surface area contributed by atoms with Crippen LogP contribution in [0.1, 0.15) is 16.9 Å². The van der Waals surface area contributed by atoms with E-state index in [2.05, 4.69) is 20.2 Å². The third kappa shape index (κ3) is 2.02. The summed E-state index contributed by atoms with van der Waals surface area (Å²) in [5, 5.41) is 11.4. The molecule has 0 saturated carbocycles. The number of aromatic nitrogens is 2. The predicted octanol–water partition coefficient (Wildman–Crippen LogP) is -0.370. The summed E-state index contributed by atoms with van der Waals surface area (Å²) in [6, 6.07) is 0.245. The molecular weight excluding hydrogens is 188 g/mol. The summed E-state index contributed by atoms with van der Waals surface area (Å²) < 4.78 is 3.63. The van der Waals surface area contributed by atoms with E-state index in [1.54, 1.807) is 5.38 Å². The standard InChI is InChI=1S/C7H10N4OS/c12-7(6-4-13-11-10-6)9-5-1-2-8-3-5/h4-5,8H,1-3H2,(H,9,12). The minimum absolute atomic E-state index is 0.123. The van der Waals surface area contributed by atoms with Crippen LogP contribution in [0.5, 0.6) is 0 Å². The Balaban J connectivity index is 1.91. The van der Waals surface area contributed by atoms with E-state index in [1.165, 1.54) is 11.5 Å². The molecule has 5 nitrogen and oxygen atoms in total. The molecule has 0 aliphatic carbocycles. The van der Waals surface area contributed by atoms with E-state index in [9.17, 15) is 4.79 Å². The maximum absolute atomic E-state index is 11.4. The molecule has 1 aromatic heterocycles. The second-order valence-electron chi connectivity index (χ2n) is 2.95. The van der Waals surface area contributed by atoms with Gasteiger partial charge < -0.3 is 10.6 Å². The van der Waals surface area contributed by atoms with Gasteiger partial charge in [-0.25, -0.2) is 0 Å². The van der Waals surface area contributed by atoms with Crippen molar-refractivity contribution in [1.82, 2.24) is 20.2 Å². The molecule has 1 unspecified atom stereocenters. The molecule has 1 atom stereocenters. The SMILES string of the molecule is O=C(NC1CCNC1)c1csnn1. The van der Waals surface area contributed by atoms with Crippen LogP contribution in [-0.2, 0) is 0 Å². The fraction of sp³-hybridized carbons (Fsp3) is 0.571. The van der Waals surface area contributed by atoms with Gasteiger partial charge in [0.2, 0.25) is 0 Å². The molecule has 13 heavy (non-hydrogen) atoms. The molecule has 1 aliphatic heterocycles. The molecule has 1 amide bonds. The quantitative estimate of drug-likeness (QED) is 0.680. The Labute approximate surface area is 79.7 Å². The van der Waals surface area contributed by atoms with Gasteiger partial charge in [0, 0.05) is 18.0 Å². The first-order chi connectivity index (χ1) is 6.36. The molecule has 2 heterocycles. The highest BCUT2D eigenvalue weighted by molar-refractivity contribution is 7.03. The number of hydrogen-bond donors (Lipinski definition) is 2. The Morgan fingerprint density at radius 1 is 1.77 bits per heavy atom. The van der Waals surface area contributed by atoms with Gasteiger partial charge in [0.25, 0.3) is 5.91 Å². The van der Waals surface area contributed by atoms with Gasteiger partial charge in [-0.2, -0.15) is 0 Å². The average Bonchev–Trinajstić information content (AvgIpc) is 2.74. The molecule has 2 rings (SSSR count). The predicted molar refractivity (Wildman–Crippen MR) is 48.6 cm³/mol. The number of rotatable bonds is 2. The third-order valence-electron chi connectivity index (χ3n) is 1.99. The zero-order valence-electron chi connectivity index (χ0n) is 6.99. The van der Waals surface area contributed by atoms with E-state index in [0.717, 1.165) is 19.5 Å². The van der Waals surface area contributed by atoms with Gasteiger partial charge in [0.05, 0.1) is 0 Å². The lowest BCUT2D eigenvalue weighted by atomic mass is 10.2. The van der Waals surface area contributed by atoms with Gasteiger partial charge >= 0.3 is 0 Å². The Kier molecular flexibility index (Phi) is 2.51. The zero-order valence-corrected chi connectivity index (χ0v) is 7.80. The molecule has 1 fully saturated rings. The molecule has 6 heteroatoms. The average molecular weight is 198 g/mol. The van der Waals surface area contributed by atoms with Crippen LogP contribution in [0.25, 0.3) is 0 Å². The molecule has 0 spiro atoms. The van der Waals surface area contributed by atoms with Crippen LogP contribution < -0.4 is 10.6 Å². The fourth-order valence-electron chi connectivity index (χ4n) is 1.30. The molecule has 1 aliphatic rings. The second kappa shape index (κ2) is 3.80.